The van der Waals surface area contributed by atoms with Gasteiger partial charge in [-0.15, -0.1) is 0 Å². The van der Waals surface area contributed by atoms with Crippen LogP contribution < -0.4 is 14.7 Å². The van der Waals surface area contributed by atoms with Crippen molar-refractivity contribution in [1.82, 2.24) is 0 Å². The van der Waals surface area contributed by atoms with E-state index < -0.39 is 24.0 Å². The highest BCUT2D eigenvalue weighted by atomic mass is 35.5. The van der Waals surface area contributed by atoms with Crippen LogP contribution in [0.3, 0.4) is 0 Å². The molecule has 3 aromatic rings. The molecule has 0 spiro atoms. The summed E-state index contributed by atoms with van der Waals surface area (Å²) >= 11 is 12.6. The number of carbonyl (C=O) groups excluding carboxylic acids is 2. The zero-order chi connectivity index (χ0) is 22.4. The fourth-order valence-corrected chi connectivity index (χ4v) is 4.78. The van der Waals surface area contributed by atoms with Gasteiger partial charge in [0.2, 0.25) is 5.91 Å². The van der Waals surface area contributed by atoms with Crippen LogP contribution in [-0.4, -0.2) is 25.0 Å². The number of hydrogen-bond donors (Lipinski definition) is 0. The van der Waals surface area contributed by atoms with Crippen LogP contribution in [0, 0.1) is 5.92 Å². The Morgan fingerprint density at radius 2 is 1.59 bits per heavy atom. The van der Waals surface area contributed by atoms with E-state index in [4.69, 9.17) is 32.8 Å². The summed E-state index contributed by atoms with van der Waals surface area (Å²) in [5, 5.41) is 2.48. The first-order valence-electron chi connectivity index (χ1n) is 9.97. The Bertz CT molecular complexity index is 1190. The molecule has 2 heterocycles. The predicted octanol–water partition coefficient (Wildman–Crippen LogP) is 5.05. The summed E-state index contributed by atoms with van der Waals surface area (Å²) < 4.78 is 5.18. The van der Waals surface area contributed by atoms with Crippen LogP contribution in [0.1, 0.15) is 11.6 Å². The van der Waals surface area contributed by atoms with Crippen LogP contribution in [0.5, 0.6) is 5.75 Å². The van der Waals surface area contributed by atoms with Crippen molar-refractivity contribution in [2.45, 2.75) is 12.1 Å². The minimum atomic E-state index is -0.971. The molecule has 2 aliphatic heterocycles. The second-order valence-corrected chi connectivity index (χ2v) is 8.38. The monoisotopic (exact) mass is 468 g/mol. The molecule has 3 aromatic carbocycles. The van der Waals surface area contributed by atoms with Gasteiger partial charge >= 0.3 is 0 Å². The lowest BCUT2D eigenvalue weighted by Crippen LogP contribution is -2.37. The number of amides is 2. The van der Waals surface area contributed by atoms with E-state index in [-0.39, 0.29) is 5.91 Å². The zero-order valence-corrected chi connectivity index (χ0v) is 18.5. The molecule has 32 heavy (non-hydrogen) atoms. The summed E-state index contributed by atoms with van der Waals surface area (Å²) in [6, 6.07) is 20.6. The van der Waals surface area contributed by atoms with Gasteiger partial charge in [0.1, 0.15) is 11.7 Å². The molecule has 2 saturated heterocycles. The molecule has 162 valence electrons. The Morgan fingerprint density at radius 1 is 0.875 bits per heavy atom. The van der Waals surface area contributed by atoms with Gasteiger partial charge in [0.05, 0.1) is 24.5 Å². The smallest absolute Gasteiger partial charge is 0.266 e. The van der Waals surface area contributed by atoms with Crippen LogP contribution in [0.2, 0.25) is 10.0 Å². The molecule has 0 saturated carbocycles. The maximum atomic E-state index is 13.6. The summed E-state index contributed by atoms with van der Waals surface area (Å²) in [5.74, 6) is -0.910. The van der Waals surface area contributed by atoms with E-state index in [1.54, 1.807) is 54.6 Å². The highest BCUT2D eigenvalue weighted by molar-refractivity contribution is 6.35. The molecule has 5 rings (SSSR count). The minimum Gasteiger partial charge on any atom is -0.497 e. The van der Waals surface area contributed by atoms with E-state index in [1.807, 2.05) is 30.3 Å². The lowest BCUT2D eigenvalue weighted by atomic mass is 9.90. The van der Waals surface area contributed by atoms with E-state index in [0.717, 1.165) is 5.69 Å². The number of anilines is 2. The third kappa shape index (κ3) is 3.32. The molecule has 0 aromatic heterocycles. The number of halogens is 2. The van der Waals surface area contributed by atoms with E-state index >= 15 is 0 Å². The first-order chi connectivity index (χ1) is 15.5. The van der Waals surface area contributed by atoms with Crippen LogP contribution in [0.4, 0.5) is 11.4 Å². The Hall–Kier alpha value is -3.06. The average molecular weight is 469 g/mol. The van der Waals surface area contributed by atoms with Crippen molar-refractivity contribution in [1.29, 1.82) is 0 Å². The fraction of sp³-hybridized carbons (Fsp3) is 0.167. The molecule has 2 amide bonds. The second-order valence-electron chi connectivity index (χ2n) is 7.53. The van der Waals surface area contributed by atoms with Gasteiger partial charge in [-0.3, -0.25) is 14.4 Å². The number of carbonyl (C=O) groups is 2. The summed E-state index contributed by atoms with van der Waals surface area (Å²) in [6.07, 6.45) is -0.971. The van der Waals surface area contributed by atoms with Gasteiger partial charge in [0.25, 0.3) is 5.91 Å². The predicted molar refractivity (Wildman–Crippen MR) is 122 cm³/mol. The van der Waals surface area contributed by atoms with Crippen LogP contribution in [-0.2, 0) is 14.4 Å². The normalized spacial score (nSPS) is 22.4. The fourth-order valence-electron chi connectivity index (χ4n) is 4.26. The number of methoxy groups -OCH3 is 1. The van der Waals surface area contributed by atoms with Gasteiger partial charge < -0.3 is 4.74 Å². The molecular formula is C24H18Cl2N2O4. The first-order valence-corrected chi connectivity index (χ1v) is 10.7. The Morgan fingerprint density at radius 3 is 2.25 bits per heavy atom. The molecule has 0 N–H and O–H groups in total. The maximum Gasteiger partial charge on any atom is 0.266 e. The number of para-hydroxylation sites is 1. The molecule has 2 aliphatic rings. The standard InChI is InChI=1S/C24H18Cl2N2O4/c1-31-17-10-8-15(9-11-17)27-23(29)20-21(18-12-7-14(25)13-19(18)26)28(32-22(20)24(27)30)16-5-3-2-4-6-16/h2-13,20-22H,1H3/t20-,21+,22-/m0/s1. The van der Waals surface area contributed by atoms with E-state index in [2.05, 4.69) is 0 Å². The first kappa shape index (κ1) is 20.8. The van der Waals surface area contributed by atoms with Crippen molar-refractivity contribution in [2.75, 3.05) is 17.1 Å². The van der Waals surface area contributed by atoms with E-state index in [1.165, 1.54) is 4.90 Å². The van der Waals surface area contributed by atoms with Gasteiger partial charge in [-0.05, 0) is 54.1 Å². The Labute approximate surface area is 194 Å². The number of benzene rings is 3. The van der Waals surface area contributed by atoms with E-state index in [9.17, 15) is 9.59 Å². The van der Waals surface area contributed by atoms with Gasteiger partial charge in [0.15, 0.2) is 6.10 Å². The summed E-state index contributed by atoms with van der Waals surface area (Å²) in [7, 11) is 1.55. The molecule has 0 unspecified atom stereocenters. The zero-order valence-electron chi connectivity index (χ0n) is 16.9. The molecule has 6 nitrogen and oxygen atoms in total. The van der Waals surface area contributed by atoms with Crippen LogP contribution in [0.25, 0.3) is 0 Å². The maximum absolute atomic E-state index is 13.6. The third-order valence-corrected chi connectivity index (χ3v) is 6.30. The van der Waals surface area contributed by atoms with Crippen LogP contribution in [0.15, 0.2) is 72.8 Å². The SMILES string of the molecule is COc1ccc(N2C(=O)[C@@H]3[C@H](ON(c4ccccc4)[C@@H]3c3ccc(Cl)cc3Cl)C2=O)cc1. The number of hydroxylamine groups is 1. The van der Waals surface area contributed by atoms with Gasteiger partial charge in [-0.2, -0.15) is 0 Å². The summed E-state index contributed by atoms with van der Waals surface area (Å²) in [4.78, 5) is 34.2. The van der Waals surface area contributed by atoms with Crippen molar-refractivity contribution in [3.05, 3.63) is 88.4 Å². The molecule has 0 aliphatic carbocycles. The van der Waals surface area contributed by atoms with Crippen LogP contribution >= 0.6 is 23.2 Å². The summed E-state index contributed by atoms with van der Waals surface area (Å²) in [5.41, 5.74) is 1.84. The lowest BCUT2D eigenvalue weighted by molar-refractivity contribution is -0.126. The van der Waals surface area contributed by atoms with E-state index in [0.29, 0.717) is 27.0 Å². The largest absolute Gasteiger partial charge is 0.497 e. The van der Waals surface area contributed by atoms with Gasteiger partial charge in [-0.25, -0.2) is 9.96 Å². The number of ether oxygens (including phenoxy) is 1. The average Bonchev–Trinajstić information content (AvgIpc) is 3.30. The number of fused-ring (bicyclic) bond motifs is 1. The molecular weight excluding hydrogens is 451 g/mol. The molecule has 8 heteroatoms. The van der Waals surface area contributed by atoms with Gasteiger partial charge in [-0.1, -0.05) is 47.5 Å². The molecule has 3 atom stereocenters. The number of nitrogens with zero attached hydrogens (tertiary/aromatic N) is 2. The second kappa shape index (κ2) is 8.13. The summed E-state index contributed by atoms with van der Waals surface area (Å²) in [6.45, 7) is 0. The highest BCUT2D eigenvalue weighted by Gasteiger charge is 2.60. The quantitative estimate of drug-likeness (QED) is 0.501. The minimum absolute atomic E-state index is 0.348. The molecule has 2 fully saturated rings. The highest BCUT2D eigenvalue weighted by Crippen LogP contribution is 2.49. The van der Waals surface area contributed by atoms with Crippen molar-refractivity contribution in [2.24, 2.45) is 5.92 Å². The Kier molecular flexibility index (Phi) is 5.29. The Balaban J connectivity index is 1.58. The van der Waals surface area contributed by atoms with Gasteiger partial charge in [0, 0.05) is 10.0 Å². The number of hydrogen-bond acceptors (Lipinski definition) is 5. The molecule has 0 bridgehead atoms. The van der Waals surface area contributed by atoms with Crippen molar-refractivity contribution in [3.63, 3.8) is 0 Å². The topological polar surface area (TPSA) is 59.1 Å². The lowest BCUT2D eigenvalue weighted by Gasteiger charge is -2.29. The number of rotatable bonds is 4. The van der Waals surface area contributed by atoms with Crippen molar-refractivity contribution < 1.29 is 19.2 Å². The third-order valence-electron chi connectivity index (χ3n) is 5.74. The van der Waals surface area contributed by atoms with Crippen molar-refractivity contribution >= 4 is 46.4 Å². The number of imide groups is 1. The molecule has 0 radical (unpaired) electrons. The van der Waals surface area contributed by atoms with Crippen molar-refractivity contribution in [3.8, 4) is 5.75 Å².